The van der Waals surface area contributed by atoms with E-state index in [0.717, 1.165) is 27.9 Å². The molecule has 3 heteroatoms. The van der Waals surface area contributed by atoms with E-state index in [1.165, 1.54) is 6.92 Å². The minimum absolute atomic E-state index is 0.0589. The van der Waals surface area contributed by atoms with Gasteiger partial charge >= 0.3 is 0 Å². The van der Waals surface area contributed by atoms with Crippen LogP contribution in [0.15, 0.2) is 24.3 Å². The quantitative estimate of drug-likeness (QED) is 0.835. The van der Waals surface area contributed by atoms with Gasteiger partial charge in [0.1, 0.15) is 5.69 Å². The molecule has 1 heterocycles. The van der Waals surface area contributed by atoms with E-state index in [0.29, 0.717) is 11.4 Å². The largest absolute Gasteiger partial charge is 0.398 e. The Hall–Kier alpha value is -2.16. The summed E-state index contributed by atoms with van der Waals surface area (Å²) in [7, 11) is 0. The van der Waals surface area contributed by atoms with Gasteiger partial charge in [0.15, 0.2) is 5.78 Å². The fourth-order valence-corrected chi connectivity index (χ4v) is 2.12. The SMILES string of the molecule is CC(=O)c1nc(-c2cc(C)ccc2C)cc(N)c1C. The van der Waals surface area contributed by atoms with Crippen LogP contribution < -0.4 is 5.73 Å². The summed E-state index contributed by atoms with van der Waals surface area (Å²) < 4.78 is 0. The topological polar surface area (TPSA) is 56.0 Å². The highest BCUT2D eigenvalue weighted by Gasteiger charge is 2.13. The number of pyridine rings is 1. The number of nitrogens with two attached hydrogens (primary N) is 1. The van der Waals surface area contributed by atoms with Gasteiger partial charge in [-0.3, -0.25) is 4.79 Å². The molecule has 1 aromatic heterocycles. The predicted molar refractivity (Wildman–Crippen MR) is 78.3 cm³/mol. The molecule has 0 saturated heterocycles. The Morgan fingerprint density at radius 3 is 2.47 bits per heavy atom. The van der Waals surface area contributed by atoms with Crippen LogP contribution in [0.4, 0.5) is 5.69 Å². The van der Waals surface area contributed by atoms with Gasteiger partial charge in [-0.1, -0.05) is 17.7 Å². The Labute approximate surface area is 113 Å². The molecule has 0 atom stereocenters. The number of Topliss-reactive ketones (excluding diaryl/α,β-unsaturated/α-hetero) is 1. The van der Waals surface area contributed by atoms with Crippen LogP contribution in [0, 0.1) is 20.8 Å². The first-order chi connectivity index (χ1) is 8.90. The number of nitrogens with zero attached hydrogens (tertiary/aromatic N) is 1. The molecule has 0 aliphatic rings. The minimum atomic E-state index is -0.0589. The number of aromatic nitrogens is 1. The van der Waals surface area contributed by atoms with Gasteiger partial charge in [-0.25, -0.2) is 4.98 Å². The van der Waals surface area contributed by atoms with Crippen LogP contribution in [0.25, 0.3) is 11.3 Å². The molecule has 1 aromatic carbocycles. The Morgan fingerprint density at radius 1 is 1.16 bits per heavy atom. The standard InChI is InChI=1S/C16H18N2O/c1-9-5-6-10(2)13(7-9)15-8-14(17)11(3)16(18-15)12(4)19/h5-8H,1-4H3,(H2,17,18). The number of carbonyl (C=O) groups is 1. The van der Waals surface area contributed by atoms with Crippen LogP contribution in [-0.2, 0) is 0 Å². The van der Waals surface area contributed by atoms with Crippen molar-refractivity contribution >= 4 is 11.5 Å². The van der Waals surface area contributed by atoms with E-state index in [4.69, 9.17) is 5.73 Å². The lowest BCUT2D eigenvalue weighted by Gasteiger charge is -2.11. The molecule has 0 amide bonds. The molecule has 0 fully saturated rings. The van der Waals surface area contributed by atoms with Crippen molar-refractivity contribution in [3.05, 3.63) is 46.6 Å². The van der Waals surface area contributed by atoms with Gasteiger partial charge in [0.05, 0.1) is 5.69 Å². The molecule has 0 saturated carbocycles. The van der Waals surface area contributed by atoms with E-state index >= 15 is 0 Å². The lowest BCUT2D eigenvalue weighted by atomic mass is 10.00. The number of ketones is 1. The maximum Gasteiger partial charge on any atom is 0.178 e. The summed E-state index contributed by atoms with van der Waals surface area (Å²) in [6, 6.07) is 8.01. The van der Waals surface area contributed by atoms with Gasteiger partial charge in [0, 0.05) is 23.7 Å². The third-order valence-electron chi connectivity index (χ3n) is 3.32. The van der Waals surface area contributed by atoms with Gasteiger partial charge in [-0.05, 0) is 38.5 Å². The number of hydrogen-bond acceptors (Lipinski definition) is 3. The molecular formula is C16H18N2O. The molecule has 2 rings (SSSR count). The van der Waals surface area contributed by atoms with Crippen LogP contribution in [0.2, 0.25) is 0 Å². The molecule has 2 N–H and O–H groups in total. The number of rotatable bonds is 2. The molecule has 19 heavy (non-hydrogen) atoms. The normalized spacial score (nSPS) is 10.5. The van der Waals surface area contributed by atoms with Gasteiger partial charge in [-0.15, -0.1) is 0 Å². The van der Waals surface area contributed by atoms with E-state index in [9.17, 15) is 4.79 Å². The predicted octanol–water partition coefficient (Wildman–Crippen LogP) is 3.46. The van der Waals surface area contributed by atoms with E-state index in [1.54, 1.807) is 0 Å². The van der Waals surface area contributed by atoms with Crippen molar-refractivity contribution in [2.75, 3.05) is 5.73 Å². The zero-order chi connectivity index (χ0) is 14.2. The van der Waals surface area contributed by atoms with Gasteiger partial charge < -0.3 is 5.73 Å². The first-order valence-electron chi connectivity index (χ1n) is 6.26. The van der Waals surface area contributed by atoms with E-state index in [-0.39, 0.29) is 5.78 Å². The molecule has 0 radical (unpaired) electrons. The van der Waals surface area contributed by atoms with Crippen molar-refractivity contribution in [3.63, 3.8) is 0 Å². The maximum absolute atomic E-state index is 11.6. The van der Waals surface area contributed by atoms with Gasteiger partial charge in [-0.2, -0.15) is 0 Å². The number of carbonyl (C=O) groups excluding carboxylic acids is 1. The van der Waals surface area contributed by atoms with Crippen LogP contribution in [0.3, 0.4) is 0 Å². The lowest BCUT2D eigenvalue weighted by Crippen LogP contribution is -2.05. The number of benzene rings is 1. The Bertz CT molecular complexity index is 660. The Kier molecular flexibility index (Phi) is 3.38. The summed E-state index contributed by atoms with van der Waals surface area (Å²) in [4.78, 5) is 16.1. The smallest absolute Gasteiger partial charge is 0.178 e. The second-order valence-corrected chi connectivity index (χ2v) is 4.94. The number of nitrogen functional groups attached to an aromatic ring is 1. The molecule has 2 aromatic rings. The summed E-state index contributed by atoms with van der Waals surface area (Å²) in [5.74, 6) is -0.0589. The third-order valence-corrected chi connectivity index (χ3v) is 3.32. The molecule has 0 aliphatic carbocycles. The van der Waals surface area contributed by atoms with Crippen molar-refractivity contribution in [1.82, 2.24) is 4.98 Å². The number of anilines is 1. The highest BCUT2D eigenvalue weighted by Crippen LogP contribution is 2.27. The monoisotopic (exact) mass is 254 g/mol. The average Bonchev–Trinajstić information content (AvgIpc) is 2.35. The second kappa shape index (κ2) is 4.84. The highest BCUT2D eigenvalue weighted by molar-refractivity contribution is 5.95. The molecule has 3 nitrogen and oxygen atoms in total. The van der Waals surface area contributed by atoms with Crippen LogP contribution >= 0.6 is 0 Å². The number of aryl methyl sites for hydroxylation is 2. The highest BCUT2D eigenvalue weighted by atomic mass is 16.1. The van der Waals surface area contributed by atoms with Crippen LogP contribution in [0.5, 0.6) is 0 Å². The van der Waals surface area contributed by atoms with Crippen molar-refractivity contribution < 1.29 is 4.79 Å². The van der Waals surface area contributed by atoms with Crippen molar-refractivity contribution in [2.24, 2.45) is 0 Å². The summed E-state index contributed by atoms with van der Waals surface area (Å²) in [5.41, 5.74) is 11.9. The van der Waals surface area contributed by atoms with Gasteiger partial charge in [0.2, 0.25) is 0 Å². The zero-order valence-corrected chi connectivity index (χ0v) is 11.7. The maximum atomic E-state index is 11.6. The summed E-state index contributed by atoms with van der Waals surface area (Å²) in [6.45, 7) is 7.40. The Morgan fingerprint density at radius 2 is 1.84 bits per heavy atom. The third kappa shape index (κ3) is 2.50. The molecule has 0 unspecified atom stereocenters. The molecule has 0 aliphatic heterocycles. The zero-order valence-electron chi connectivity index (χ0n) is 11.7. The van der Waals surface area contributed by atoms with Crippen LogP contribution in [0.1, 0.15) is 34.1 Å². The fraction of sp³-hybridized carbons (Fsp3) is 0.250. The fourth-order valence-electron chi connectivity index (χ4n) is 2.12. The van der Waals surface area contributed by atoms with E-state index in [2.05, 4.69) is 23.2 Å². The van der Waals surface area contributed by atoms with Gasteiger partial charge in [0.25, 0.3) is 0 Å². The summed E-state index contributed by atoms with van der Waals surface area (Å²) >= 11 is 0. The molecule has 0 spiro atoms. The van der Waals surface area contributed by atoms with E-state index in [1.807, 2.05) is 26.8 Å². The molecular weight excluding hydrogens is 236 g/mol. The lowest BCUT2D eigenvalue weighted by molar-refractivity contribution is 0.101. The summed E-state index contributed by atoms with van der Waals surface area (Å²) in [6.07, 6.45) is 0. The van der Waals surface area contributed by atoms with Crippen LogP contribution in [-0.4, -0.2) is 10.8 Å². The average molecular weight is 254 g/mol. The second-order valence-electron chi connectivity index (χ2n) is 4.94. The molecule has 0 bridgehead atoms. The minimum Gasteiger partial charge on any atom is -0.398 e. The van der Waals surface area contributed by atoms with Crippen molar-refractivity contribution in [1.29, 1.82) is 0 Å². The first-order valence-corrected chi connectivity index (χ1v) is 6.26. The first kappa shape index (κ1) is 13.3. The van der Waals surface area contributed by atoms with Crippen molar-refractivity contribution in [2.45, 2.75) is 27.7 Å². The Balaban J connectivity index is 2.69. The molecule has 98 valence electrons. The van der Waals surface area contributed by atoms with E-state index < -0.39 is 0 Å². The van der Waals surface area contributed by atoms with Crippen molar-refractivity contribution in [3.8, 4) is 11.3 Å². The number of hydrogen-bond donors (Lipinski definition) is 1. The summed E-state index contributed by atoms with van der Waals surface area (Å²) in [5, 5.41) is 0.